The Bertz CT molecular complexity index is 385. The van der Waals surface area contributed by atoms with E-state index in [1.165, 1.54) is 12.0 Å². The molecule has 0 amide bonds. The predicted octanol–water partition coefficient (Wildman–Crippen LogP) is 3.43. The number of hydrogen-bond donors (Lipinski definition) is 0. The van der Waals surface area contributed by atoms with E-state index in [2.05, 4.69) is 30.9 Å². The van der Waals surface area contributed by atoms with Gasteiger partial charge in [0.1, 0.15) is 0 Å². The Hall–Kier alpha value is -1.15. The van der Waals surface area contributed by atoms with Gasteiger partial charge in [0.15, 0.2) is 5.78 Å². The maximum atomic E-state index is 11.3. The molecule has 1 rings (SSSR count). The van der Waals surface area contributed by atoms with Crippen molar-refractivity contribution in [2.75, 3.05) is 13.1 Å². The van der Waals surface area contributed by atoms with Gasteiger partial charge in [-0.3, -0.25) is 9.69 Å². The summed E-state index contributed by atoms with van der Waals surface area (Å²) in [6.07, 6.45) is 1.18. The van der Waals surface area contributed by atoms with Gasteiger partial charge in [-0.15, -0.1) is 0 Å². The summed E-state index contributed by atoms with van der Waals surface area (Å²) < 4.78 is 0. The summed E-state index contributed by atoms with van der Waals surface area (Å²) in [6, 6.07) is 6.16. The third-order valence-electron chi connectivity index (χ3n) is 3.06. The number of hydrogen-bond acceptors (Lipinski definition) is 2. The molecule has 0 saturated heterocycles. The Labute approximate surface area is 105 Å². The first-order chi connectivity index (χ1) is 8.08. The first-order valence-electron chi connectivity index (χ1n) is 6.41. The summed E-state index contributed by atoms with van der Waals surface area (Å²) in [6.45, 7) is 11.2. The number of ketones is 1. The highest BCUT2D eigenvalue weighted by Gasteiger charge is 2.07. The van der Waals surface area contributed by atoms with Crippen LogP contribution in [0, 0.1) is 6.92 Å². The maximum Gasteiger partial charge on any atom is 0.160 e. The van der Waals surface area contributed by atoms with Crippen LogP contribution in [0.4, 0.5) is 0 Å². The van der Waals surface area contributed by atoms with Gasteiger partial charge in [0.2, 0.25) is 0 Å². The Morgan fingerprint density at radius 2 is 2.00 bits per heavy atom. The van der Waals surface area contributed by atoms with E-state index in [1.54, 1.807) is 6.92 Å². The van der Waals surface area contributed by atoms with Crippen molar-refractivity contribution in [1.29, 1.82) is 0 Å². The molecule has 0 spiro atoms. The zero-order valence-electron chi connectivity index (χ0n) is 11.4. The van der Waals surface area contributed by atoms with E-state index >= 15 is 0 Å². The van der Waals surface area contributed by atoms with Gasteiger partial charge in [0.05, 0.1) is 0 Å². The van der Waals surface area contributed by atoms with Crippen LogP contribution in [-0.2, 0) is 6.54 Å². The fourth-order valence-electron chi connectivity index (χ4n) is 2.14. The monoisotopic (exact) mass is 233 g/mol. The van der Waals surface area contributed by atoms with Crippen LogP contribution in [0.5, 0.6) is 0 Å². The molecular formula is C15H23NO. The minimum absolute atomic E-state index is 0.148. The average Bonchev–Trinajstić information content (AvgIpc) is 2.28. The summed E-state index contributed by atoms with van der Waals surface area (Å²) >= 11 is 0. The van der Waals surface area contributed by atoms with Crippen molar-refractivity contribution in [3.8, 4) is 0 Å². The van der Waals surface area contributed by atoms with Gasteiger partial charge in [0, 0.05) is 12.1 Å². The summed E-state index contributed by atoms with van der Waals surface area (Å²) in [5, 5.41) is 0. The second-order valence-corrected chi connectivity index (χ2v) is 4.57. The molecule has 0 heterocycles. The molecule has 0 N–H and O–H groups in total. The molecule has 17 heavy (non-hydrogen) atoms. The lowest BCUT2D eigenvalue weighted by atomic mass is 10.0. The summed E-state index contributed by atoms with van der Waals surface area (Å²) in [5.41, 5.74) is 3.22. The van der Waals surface area contributed by atoms with Crippen molar-refractivity contribution in [3.63, 3.8) is 0 Å². The third-order valence-corrected chi connectivity index (χ3v) is 3.06. The van der Waals surface area contributed by atoms with E-state index in [1.807, 2.05) is 13.0 Å². The van der Waals surface area contributed by atoms with Crippen LogP contribution in [0.25, 0.3) is 0 Å². The molecule has 2 heteroatoms. The van der Waals surface area contributed by atoms with Crippen molar-refractivity contribution in [2.24, 2.45) is 0 Å². The molecule has 1 aromatic rings. The van der Waals surface area contributed by atoms with Crippen LogP contribution >= 0.6 is 0 Å². The number of rotatable bonds is 6. The standard InChI is InChI=1S/C15H23NO/c1-5-9-16(6-2)11-14-7-8-15(13(4)17)12(3)10-14/h7-8,10H,5-6,9,11H2,1-4H3. The zero-order valence-corrected chi connectivity index (χ0v) is 11.4. The molecule has 0 aromatic heterocycles. The van der Waals surface area contributed by atoms with Gasteiger partial charge in [-0.2, -0.15) is 0 Å². The maximum absolute atomic E-state index is 11.3. The van der Waals surface area contributed by atoms with E-state index in [-0.39, 0.29) is 5.78 Å². The molecule has 2 nitrogen and oxygen atoms in total. The Balaban J connectivity index is 2.79. The van der Waals surface area contributed by atoms with Crippen molar-refractivity contribution >= 4 is 5.78 Å². The van der Waals surface area contributed by atoms with Crippen LogP contribution in [-0.4, -0.2) is 23.8 Å². The molecule has 0 aliphatic heterocycles. The highest BCUT2D eigenvalue weighted by Crippen LogP contribution is 2.13. The number of nitrogens with zero attached hydrogens (tertiary/aromatic N) is 1. The minimum atomic E-state index is 0.148. The van der Waals surface area contributed by atoms with E-state index in [0.717, 1.165) is 30.8 Å². The summed E-state index contributed by atoms with van der Waals surface area (Å²) in [4.78, 5) is 13.8. The highest BCUT2D eigenvalue weighted by molar-refractivity contribution is 5.95. The first-order valence-corrected chi connectivity index (χ1v) is 6.41. The van der Waals surface area contributed by atoms with Crippen LogP contribution in [0.2, 0.25) is 0 Å². The predicted molar refractivity (Wildman–Crippen MR) is 72.4 cm³/mol. The van der Waals surface area contributed by atoms with Crippen LogP contribution in [0.1, 0.15) is 48.7 Å². The van der Waals surface area contributed by atoms with E-state index in [9.17, 15) is 4.79 Å². The molecule has 0 aliphatic rings. The molecule has 0 radical (unpaired) electrons. The lowest BCUT2D eigenvalue weighted by Crippen LogP contribution is -2.23. The number of carbonyl (C=O) groups excluding carboxylic acids is 1. The van der Waals surface area contributed by atoms with Gasteiger partial charge in [-0.25, -0.2) is 0 Å². The van der Waals surface area contributed by atoms with Crippen molar-refractivity contribution in [2.45, 2.75) is 40.7 Å². The van der Waals surface area contributed by atoms with Crippen molar-refractivity contribution in [1.82, 2.24) is 4.90 Å². The lowest BCUT2D eigenvalue weighted by Gasteiger charge is -2.20. The molecule has 0 fully saturated rings. The highest BCUT2D eigenvalue weighted by atomic mass is 16.1. The van der Waals surface area contributed by atoms with Crippen LogP contribution < -0.4 is 0 Å². The van der Waals surface area contributed by atoms with Gasteiger partial charge >= 0.3 is 0 Å². The quantitative estimate of drug-likeness (QED) is 0.702. The van der Waals surface area contributed by atoms with Crippen molar-refractivity contribution < 1.29 is 4.79 Å². The van der Waals surface area contributed by atoms with E-state index in [4.69, 9.17) is 0 Å². The normalized spacial score (nSPS) is 10.9. The van der Waals surface area contributed by atoms with E-state index in [0.29, 0.717) is 0 Å². The van der Waals surface area contributed by atoms with Gasteiger partial charge < -0.3 is 0 Å². The molecule has 0 atom stereocenters. The summed E-state index contributed by atoms with van der Waals surface area (Å²) in [5.74, 6) is 0.148. The molecule has 1 aromatic carbocycles. The molecule has 0 saturated carbocycles. The SMILES string of the molecule is CCCN(CC)Cc1ccc(C(C)=O)c(C)c1. The van der Waals surface area contributed by atoms with Crippen molar-refractivity contribution in [3.05, 3.63) is 34.9 Å². The Kier molecular flexibility index (Phi) is 5.36. The third kappa shape index (κ3) is 3.97. The number of benzene rings is 1. The molecule has 0 bridgehead atoms. The van der Waals surface area contributed by atoms with Gasteiger partial charge in [-0.1, -0.05) is 32.0 Å². The Morgan fingerprint density at radius 3 is 2.47 bits per heavy atom. The van der Waals surface area contributed by atoms with Gasteiger partial charge in [0.25, 0.3) is 0 Å². The topological polar surface area (TPSA) is 20.3 Å². The second-order valence-electron chi connectivity index (χ2n) is 4.57. The van der Waals surface area contributed by atoms with E-state index < -0.39 is 0 Å². The number of carbonyl (C=O) groups is 1. The summed E-state index contributed by atoms with van der Waals surface area (Å²) in [7, 11) is 0. The number of aryl methyl sites for hydroxylation is 1. The van der Waals surface area contributed by atoms with Gasteiger partial charge in [-0.05, 0) is 44.5 Å². The largest absolute Gasteiger partial charge is 0.299 e. The zero-order chi connectivity index (χ0) is 12.8. The molecular weight excluding hydrogens is 210 g/mol. The second kappa shape index (κ2) is 6.55. The lowest BCUT2D eigenvalue weighted by molar-refractivity contribution is 0.101. The first kappa shape index (κ1) is 13.9. The number of Topliss-reactive ketones (excluding diaryl/α,β-unsaturated/α-hetero) is 1. The smallest absolute Gasteiger partial charge is 0.160 e. The van der Waals surface area contributed by atoms with Crippen LogP contribution in [0.3, 0.4) is 0 Å². The van der Waals surface area contributed by atoms with Crippen LogP contribution in [0.15, 0.2) is 18.2 Å². The minimum Gasteiger partial charge on any atom is -0.299 e. The molecule has 94 valence electrons. The Morgan fingerprint density at radius 1 is 1.29 bits per heavy atom. The molecule has 0 aliphatic carbocycles. The average molecular weight is 233 g/mol. The fraction of sp³-hybridized carbons (Fsp3) is 0.533. The molecule has 0 unspecified atom stereocenters. The fourth-order valence-corrected chi connectivity index (χ4v) is 2.14.